The average Bonchev–Trinajstić information content (AvgIpc) is 3.30. The molecule has 0 atom stereocenters. The quantitative estimate of drug-likeness (QED) is 0.575. The molecule has 2 aromatic rings. The summed E-state index contributed by atoms with van der Waals surface area (Å²) in [5.74, 6) is 1.46. The molecule has 2 aliphatic rings. The summed E-state index contributed by atoms with van der Waals surface area (Å²) in [6.07, 6.45) is 5.80. The highest BCUT2D eigenvalue weighted by Crippen LogP contribution is 2.33. The number of benzene rings is 2. The van der Waals surface area contributed by atoms with Crippen molar-refractivity contribution in [3.8, 4) is 17.2 Å². The zero-order valence-corrected chi connectivity index (χ0v) is 19.6. The van der Waals surface area contributed by atoms with Crippen LogP contribution in [0.3, 0.4) is 0 Å². The summed E-state index contributed by atoms with van der Waals surface area (Å²) >= 11 is 0. The molecule has 1 fully saturated rings. The number of amides is 1. The Hall–Kier alpha value is -3.04. The average molecular weight is 473 g/mol. The molecule has 0 spiro atoms. The first-order valence-corrected chi connectivity index (χ1v) is 12.3. The van der Waals surface area contributed by atoms with E-state index in [9.17, 15) is 13.2 Å². The van der Waals surface area contributed by atoms with E-state index in [2.05, 4.69) is 0 Å². The number of likely N-dealkylation sites (N-methyl/N-ethyl adjacent to an activating group) is 1. The second-order valence-electron chi connectivity index (χ2n) is 8.09. The van der Waals surface area contributed by atoms with Crippen LogP contribution in [0.25, 0.3) is 6.08 Å². The Kier molecular flexibility index (Phi) is 6.90. The van der Waals surface area contributed by atoms with E-state index in [4.69, 9.17) is 14.2 Å². The molecule has 0 unspecified atom stereocenters. The lowest BCUT2D eigenvalue weighted by molar-refractivity contribution is -0.125. The molecular weight excluding hydrogens is 444 g/mol. The standard InChI is InChI=1S/C24H28N2O6S/c1-25(16-19-7-9-20-22(14-19)32-17-31-20)24(27)11-8-18-6-10-21(30-2)23(15-18)33(28,29)26-12-4-3-5-13-26/h6-11,14-15H,3-5,12-13,16-17H2,1-2H3. The molecule has 2 heterocycles. The number of rotatable bonds is 7. The fourth-order valence-corrected chi connectivity index (χ4v) is 5.64. The van der Waals surface area contributed by atoms with E-state index >= 15 is 0 Å². The third kappa shape index (κ3) is 5.15. The van der Waals surface area contributed by atoms with Gasteiger partial charge in [0, 0.05) is 32.8 Å². The molecule has 0 radical (unpaired) electrons. The van der Waals surface area contributed by atoms with E-state index in [1.54, 1.807) is 36.2 Å². The highest BCUT2D eigenvalue weighted by atomic mass is 32.2. The number of hydrogen-bond acceptors (Lipinski definition) is 6. The van der Waals surface area contributed by atoms with Gasteiger partial charge in [-0.3, -0.25) is 4.79 Å². The maximum Gasteiger partial charge on any atom is 0.246 e. The molecule has 2 aliphatic heterocycles. The van der Waals surface area contributed by atoms with Crippen LogP contribution >= 0.6 is 0 Å². The van der Waals surface area contributed by atoms with Crippen molar-refractivity contribution in [3.63, 3.8) is 0 Å². The van der Waals surface area contributed by atoms with Crippen molar-refractivity contribution in [2.45, 2.75) is 30.7 Å². The number of piperidine rings is 1. The Morgan fingerprint density at radius 3 is 2.61 bits per heavy atom. The van der Waals surface area contributed by atoms with Crippen molar-refractivity contribution in [2.24, 2.45) is 0 Å². The normalized spacial score (nSPS) is 16.2. The Balaban J connectivity index is 1.48. The zero-order chi connectivity index (χ0) is 23.4. The molecule has 0 saturated carbocycles. The first kappa shape index (κ1) is 23.1. The van der Waals surface area contributed by atoms with Gasteiger partial charge in [0.25, 0.3) is 0 Å². The molecule has 2 aromatic carbocycles. The minimum atomic E-state index is -3.67. The van der Waals surface area contributed by atoms with E-state index in [0.717, 1.165) is 24.8 Å². The van der Waals surface area contributed by atoms with E-state index < -0.39 is 10.0 Å². The van der Waals surface area contributed by atoms with E-state index in [1.165, 1.54) is 17.5 Å². The van der Waals surface area contributed by atoms with Crippen LogP contribution in [-0.4, -0.2) is 57.6 Å². The maximum absolute atomic E-state index is 13.2. The van der Waals surface area contributed by atoms with Gasteiger partial charge in [0.05, 0.1) is 7.11 Å². The zero-order valence-electron chi connectivity index (χ0n) is 18.8. The summed E-state index contributed by atoms with van der Waals surface area (Å²) in [5, 5.41) is 0. The Morgan fingerprint density at radius 2 is 1.85 bits per heavy atom. The number of methoxy groups -OCH3 is 1. The van der Waals surface area contributed by atoms with Gasteiger partial charge in [-0.05, 0) is 54.3 Å². The molecule has 0 N–H and O–H groups in total. The van der Waals surface area contributed by atoms with Gasteiger partial charge in [-0.15, -0.1) is 0 Å². The van der Waals surface area contributed by atoms with Gasteiger partial charge < -0.3 is 19.1 Å². The third-order valence-electron chi connectivity index (χ3n) is 5.77. The summed E-state index contributed by atoms with van der Waals surface area (Å²) < 4.78 is 43.9. The van der Waals surface area contributed by atoms with Crippen LogP contribution in [0.2, 0.25) is 0 Å². The number of hydrogen-bond donors (Lipinski definition) is 0. The van der Waals surface area contributed by atoms with Gasteiger partial charge in [0.15, 0.2) is 11.5 Å². The predicted octanol–water partition coefficient (Wildman–Crippen LogP) is 3.27. The van der Waals surface area contributed by atoms with Crippen LogP contribution in [0.15, 0.2) is 47.4 Å². The number of carbonyl (C=O) groups is 1. The lowest BCUT2D eigenvalue weighted by Crippen LogP contribution is -2.35. The summed E-state index contributed by atoms with van der Waals surface area (Å²) in [7, 11) is -0.512. The minimum absolute atomic E-state index is 0.121. The summed E-state index contributed by atoms with van der Waals surface area (Å²) in [6.45, 7) is 1.62. The van der Waals surface area contributed by atoms with Gasteiger partial charge >= 0.3 is 0 Å². The highest BCUT2D eigenvalue weighted by molar-refractivity contribution is 7.89. The van der Waals surface area contributed by atoms with Crippen molar-refractivity contribution in [3.05, 3.63) is 53.6 Å². The van der Waals surface area contributed by atoms with E-state index in [-0.39, 0.29) is 17.6 Å². The number of sulfonamides is 1. The van der Waals surface area contributed by atoms with Crippen molar-refractivity contribution in [1.82, 2.24) is 9.21 Å². The molecular formula is C24H28N2O6S. The van der Waals surface area contributed by atoms with Crippen LogP contribution in [0.1, 0.15) is 30.4 Å². The summed E-state index contributed by atoms with van der Waals surface area (Å²) in [5.41, 5.74) is 1.53. The first-order valence-electron chi connectivity index (χ1n) is 10.9. The minimum Gasteiger partial charge on any atom is -0.495 e. The molecule has 9 heteroatoms. The second-order valence-corrected chi connectivity index (χ2v) is 10.00. The number of ether oxygens (including phenoxy) is 3. The fourth-order valence-electron chi connectivity index (χ4n) is 3.93. The molecule has 0 aliphatic carbocycles. The van der Waals surface area contributed by atoms with Crippen LogP contribution < -0.4 is 14.2 Å². The van der Waals surface area contributed by atoms with Crippen LogP contribution in [0, 0.1) is 0 Å². The van der Waals surface area contributed by atoms with Crippen LogP contribution in [0.4, 0.5) is 0 Å². The van der Waals surface area contributed by atoms with Crippen molar-refractivity contribution in [1.29, 1.82) is 0 Å². The van der Waals surface area contributed by atoms with E-state index in [1.807, 2.05) is 18.2 Å². The molecule has 8 nitrogen and oxygen atoms in total. The Morgan fingerprint density at radius 1 is 1.09 bits per heavy atom. The van der Waals surface area contributed by atoms with Gasteiger partial charge in [-0.1, -0.05) is 18.6 Å². The molecule has 0 bridgehead atoms. The smallest absolute Gasteiger partial charge is 0.246 e. The fraction of sp³-hybridized carbons (Fsp3) is 0.375. The van der Waals surface area contributed by atoms with Crippen molar-refractivity contribution in [2.75, 3.05) is 34.0 Å². The van der Waals surface area contributed by atoms with E-state index in [0.29, 0.717) is 42.4 Å². The predicted molar refractivity (Wildman–Crippen MR) is 124 cm³/mol. The molecule has 4 rings (SSSR count). The molecule has 1 amide bonds. The van der Waals surface area contributed by atoms with Crippen LogP contribution in [-0.2, 0) is 21.4 Å². The lowest BCUT2D eigenvalue weighted by Gasteiger charge is -2.26. The lowest BCUT2D eigenvalue weighted by atomic mass is 10.2. The SMILES string of the molecule is COc1ccc(C=CC(=O)N(C)Cc2ccc3c(c2)OCO3)cc1S(=O)(=O)N1CCCCC1. The molecule has 176 valence electrons. The number of fused-ring (bicyclic) bond motifs is 1. The molecule has 33 heavy (non-hydrogen) atoms. The van der Waals surface area contributed by atoms with Gasteiger partial charge in [0.2, 0.25) is 22.7 Å². The second kappa shape index (κ2) is 9.84. The van der Waals surface area contributed by atoms with Crippen molar-refractivity contribution >= 4 is 22.0 Å². The van der Waals surface area contributed by atoms with Crippen LogP contribution in [0.5, 0.6) is 17.2 Å². The van der Waals surface area contributed by atoms with Gasteiger partial charge in [0.1, 0.15) is 10.6 Å². The van der Waals surface area contributed by atoms with Crippen molar-refractivity contribution < 1.29 is 27.4 Å². The number of carbonyl (C=O) groups excluding carboxylic acids is 1. The number of nitrogens with zero attached hydrogens (tertiary/aromatic N) is 2. The van der Waals surface area contributed by atoms with Gasteiger partial charge in [-0.25, -0.2) is 8.42 Å². The first-order chi connectivity index (χ1) is 15.9. The largest absolute Gasteiger partial charge is 0.495 e. The summed E-state index contributed by atoms with van der Waals surface area (Å²) in [6, 6.07) is 10.5. The Bertz CT molecular complexity index is 1160. The maximum atomic E-state index is 13.2. The van der Waals surface area contributed by atoms with Gasteiger partial charge in [-0.2, -0.15) is 4.31 Å². The molecule has 1 saturated heterocycles. The monoisotopic (exact) mass is 472 g/mol. The summed E-state index contributed by atoms with van der Waals surface area (Å²) in [4.78, 5) is 14.3. The highest BCUT2D eigenvalue weighted by Gasteiger charge is 2.29. The topological polar surface area (TPSA) is 85.4 Å². The molecule has 0 aromatic heterocycles. The Labute approximate surface area is 194 Å². The third-order valence-corrected chi connectivity index (χ3v) is 7.69.